The fourth-order valence-corrected chi connectivity index (χ4v) is 0.895. The Morgan fingerprint density at radius 2 is 2.23 bits per heavy atom. The standard InChI is InChI=1S/C9H12ClNO2/c1-9(2,12)6-13-8-3-7(10)4-11-5-8/h3-5,12H,6H2,1-2H3. The zero-order chi connectivity index (χ0) is 9.90. The van der Waals surface area contributed by atoms with Gasteiger partial charge in [-0.3, -0.25) is 4.98 Å². The third-order valence-corrected chi connectivity index (χ3v) is 1.48. The van der Waals surface area contributed by atoms with Crippen molar-refractivity contribution in [3.63, 3.8) is 0 Å². The van der Waals surface area contributed by atoms with E-state index in [0.717, 1.165) is 0 Å². The second-order valence-corrected chi connectivity index (χ2v) is 3.88. The van der Waals surface area contributed by atoms with Crippen LogP contribution in [0.1, 0.15) is 13.8 Å². The van der Waals surface area contributed by atoms with Gasteiger partial charge in [0.15, 0.2) is 0 Å². The van der Waals surface area contributed by atoms with Gasteiger partial charge in [0, 0.05) is 12.3 Å². The molecule has 72 valence electrons. The molecule has 0 unspecified atom stereocenters. The van der Waals surface area contributed by atoms with Gasteiger partial charge in [0.2, 0.25) is 0 Å². The van der Waals surface area contributed by atoms with Gasteiger partial charge in [-0.2, -0.15) is 0 Å². The van der Waals surface area contributed by atoms with Crippen LogP contribution in [-0.2, 0) is 0 Å². The van der Waals surface area contributed by atoms with Crippen molar-refractivity contribution in [2.75, 3.05) is 6.61 Å². The van der Waals surface area contributed by atoms with Crippen LogP contribution in [0.5, 0.6) is 5.75 Å². The van der Waals surface area contributed by atoms with E-state index in [1.165, 1.54) is 6.20 Å². The predicted molar refractivity (Wildman–Crippen MR) is 51.0 cm³/mol. The Balaban J connectivity index is 2.55. The third-order valence-electron chi connectivity index (χ3n) is 1.27. The van der Waals surface area contributed by atoms with Gasteiger partial charge in [-0.15, -0.1) is 0 Å². The van der Waals surface area contributed by atoms with Gasteiger partial charge in [0.25, 0.3) is 0 Å². The van der Waals surface area contributed by atoms with Crippen LogP contribution in [0.4, 0.5) is 0 Å². The van der Waals surface area contributed by atoms with Crippen LogP contribution in [0.2, 0.25) is 5.02 Å². The Hall–Kier alpha value is -0.800. The average molecular weight is 202 g/mol. The maximum absolute atomic E-state index is 9.37. The highest BCUT2D eigenvalue weighted by Crippen LogP contribution is 2.16. The first-order chi connectivity index (χ1) is 5.97. The molecule has 0 aliphatic heterocycles. The molecule has 1 rings (SSSR count). The SMILES string of the molecule is CC(C)(O)COc1cncc(Cl)c1. The molecule has 0 aliphatic carbocycles. The number of aliphatic hydroxyl groups is 1. The molecule has 0 saturated heterocycles. The van der Waals surface area contributed by atoms with Crippen molar-refractivity contribution in [3.8, 4) is 5.75 Å². The summed E-state index contributed by atoms with van der Waals surface area (Å²) in [5, 5.41) is 9.89. The summed E-state index contributed by atoms with van der Waals surface area (Å²) in [6, 6.07) is 1.65. The van der Waals surface area contributed by atoms with Crippen LogP contribution in [-0.4, -0.2) is 22.3 Å². The number of pyridine rings is 1. The summed E-state index contributed by atoms with van der Waals surface area (Å²) in [6.45, 7) is 3.56. The van der Waals surface area contributed by atoms with E-state index in [2.05, 4.69) is 4.98 Å². The first-order valence-electron chi connectivity index (χ1n) is 3.93. The first kappa shape index (κ1) is 10.3. The molecule has 0 fully saturated rings. The number of ether oxygens (including phenoxy) is 1. The van der Waals surface area contributed by atoms with Crippen LogP contribution in [0.15, 0.2) is 18.5 Å². The molecule has 0 aromatic carbocycles. The van der Waals surface area contributed by atoms with Gasteiger partial charge in [0.1, 0.15) is 12.4 Å². The summed E-state index contributed by atoms with van der Waals surface area (Å²) in [4.78, 5) is 3.85. The highest BCUT2D eigenvalue weighted by Gasteiger charge is 2.13. The monoisotopic (exact) mass is 201 g/mol. The average Bonchev–Trinajstić information content (AvgIpc) is 2.00. The van der Waals surface area contributed by atoms with Crippen LogP contribution >= 0.6 is 11.6 Å². The number of hydrogen-bond donors (Lipinski definition) is 1. The largest absolute Gasteiger partial charge is 0.489 e. The van der Waals surface area contributed by atoms with E-state index in [0.29, 0.717) is 10.8 Å². The molecule has 4 heteroatoms. The van der Waals surface area contributed by atoms with Crippen LogP contribution in [0, 0.1) is 0 Å². The number of rotatable bonds is 3. The fraction of sp³-hybridized carbons (Fsp3) is 0.444. The highest BCUT2D eigenvalue weighted by atomic mass is 35.5. The van der Waals surface area contributed by atoms with E-state index in [9.17, 15) is 5.11 Å². The molecular formula is C9H12ClNO2. The van der Waals surface area contributed by atoms with Gasteiger partial charge < -0.3 is 9.84 Å². The topological polar surface area (TPSA) is 42.4 Å². The predicted octanol–water partition coefficient (Wildman–Crippen LogP) is 1.88. The maximum Gasteiger partial charge on any atom is 0.139 e. The minimum Gasteiger partial charge on any atom is -0.489 e. The minimum absolute atomic E-state index is 0.217. The van der Waals surface area contributed by atoms with E-state index in [1.54, 1.807) is 26.1 Å². The molecule has 0 radical (unpaired) electrons. The van der Waals surface area contributed by atoms with Gasteiger partial charge in [-0.05, 0) is 13.8 Å². The Morgan fingerprint density at radius 1 is 1.54 bits per heavy atom. The lowest BCUT2D eigenvalue weighted by atomic mass is 10.2. The zero-order valence-electron chi connectivity index (χ0n) is 7.62. The lowest BCUT2D eigenvalue weighted by molar-refractivity contribution is 0.0283. The summed E-state index contributed by atoms with van der Waals surface area (Å²) >= 11 is 5.69. The number of hydrogen-bond acceptors (Lipinski definition) is 3. The highest BCUT2D eigenvalue weighted by molar-refractivity contribution is 6.30. The van der Waals surface area contributed by atoms with Crippen LogP contribution < -0.4 is 4.74 Å². The molecule has 13 heavy (non-hydrogen) atoms. The number of halogens is 1. The van der Waals surface area contributed by atoms with Crippen molar-refractivity contribution in [2.24, 2.45) is 0 Å². The molecular weight excluding hydrogens is 190 g/mol. The molecule has 3 nitrogen and oxygen atoms in total. The quantitative estimate of drug-likeness (QED) is 0.812. The molecule has 1 aromatic rings. The Kier molecular flexibility index (Phi) is 3.12. The summed E-state index contributed by atoms with van der Waals surface area (Å²) in [5.74, 6) is 0.564. The van der Waals surface area contributed by atoms with Gasteiger partial charge in [-0.25, -0.2) is 0 Å². The van der Waals surface area contributed by atoms with E-state index < -0.39 is 5.60 Å². The second kappa shape index (κ2) is 3.94. The molecule has 0 saturated carbocycles. The maximum atomic E-state index is 9.37. The molecule has 1 N–H and O–H groups in total. The molecule has 0 amide bonds. The lowest BCUT2D eigenvalue weighted by Gasteiger charge is -2.17. The third kappa shape index (κ3) is 4.10. The Bertz CT molecular complexity index is 283. The number of aromatic nitrogens is 1. The summed E-state index contributed by atoms with van der Waals surface area (Å²) in [5.41, 5.74) is -0.845. The van der Waals surface area contributed by atoms with E-state index >= 15 is 0 Å². The normalized spacial score (nSPS) is 11.4. The number of nitrogens with zero attached hydrogens (tertiary/aromatic N) is 1. The molecule has 0 atom stereocenters. The van der Waals surface area contributed by atoms with Crippen molar-refractivity contribution in [2.45, 2.75) is 19.4 Å². The zero-order valence-corrected chi connectivity index (χ0v) is 8.38. The van der Waals surface area contributed by atoms with E-state index in [1.807, 2.05) is 0 Å². The summed E-state index contributed by atoms with van der Waals surface area (Å²) < 4.78 is 5.25. The van der Waals surface area contributed by atoms with Gasteiger partial charge in [-0.1, -0.05) is 11.6 Å². The van der Waals surface area contributed by atoms with E-state index in [-0.39, 0.29) is 6.61 Å². The lowest BCUT2D eigenvalue weighted by Crippen LogP contribution is -2.27. The van der Waals surface area contributed by atoms with E-state index in [4.69, 9.17) is 16.3 Å². The molecule has 1 heterocycles. The van der Waals surface area contributed by atoms with Crippen LogP contribution in [0.3, 0.4) is 0 Å². The molecule has 0 bridgehead atoms. The first-order valence-corrected chi connectivity index (χ1v) is 4.31. The molecule has 0 spiro atoms. The van der Waals surface area contributed by atoms with Crippen molar-refractivity contribution < 1.29 is 9.84 Å². The summed E-state index contributed by atoms with van der Waals surface area (Å²) in [6.07, 6.45) is 3.08. The van der Waals surface area contributed by atoms with Crippen molar-refractivity contribution in [3.05, 3.63) is 23.5 Å². The Morgan fingerprint density at radius 3 is 2.77 bits per heavy atom. The fourth-order valence-electron chi connectivity index (χ4n) is 0.731. The van der Waals surface area contributed by atoms with Gasteiger partial charge >= 0.3 is 0 Å². The van der Waals surface area contributed by atoms with Gasteiger partial charge in [0.05, 0.1) is 16.8 Å². The second-order valence-electron chi connectivity index (χ2n) is 3.44. The summed E-state index contributed by atoms with van der Waals surface area (Å²) in [7, 11) is 0. The van der Waals surface area contributed by atoms with Crippen molar-refractivity contribution in [1.29, 1.82) is 0 Å². The smallest absolute Gasteiger partial charge is 0.139 e. The molecule has 0 aliphatic rings. The molecule has 1 aromatic heterocycles. The minimum atomic E-state index is -0.845. The van der Waals surface area contributed by atoms with Crippen LogP contribution in [0.25, 0.3) is 0 Å². The van der Waals surface area contributed by atoms with Crippen molar-refractivity contribution >= 4 is 11.6 Å². The Labute approximate surface area is 82.3 Å². The van der Waals surface area contributed by atoms with Crippen molar-refractivity contribution in [1.82, 2.24) is 4.98 Å².